The smallest absolute Gasteiger partial charge is 0.215 e. The molecule has 104 valence electrons. The molecule has 0 aliphatic rings. The van der Waals surface area contributed by atoms with Crippen LogP contribution in [-0.2, 0) is 10.0 Å². The van der Waals surface area contributed by atoms with E-state index in [1.54, 1.807) is 6.92 Å². The Bertz CT molecular complexity index is 280. The molecule has 0 amide bonds. The molecule has 1 atom stereocenters. The molecule has 0 rings (SSSR count). The summed E-state index contributed by atoms with van der Waals surface area (Å²) in [5.41, 5.74) is 0. The number of nitrogens with zero attached hydrogens (tertiary/aromatic N) is 1. The van der Waals surface area contributed by atoms with Gasteiger partial charge in [-0.1, -0.05) is 13.8 Å². The quantitative estimate of drug-likeness (QED) is 0.556. The molecule has 0 aliphatic carbocycles. The summed E-state index contributed by atoms with van der Waals surface area (Å²) in [7, 11) is -1.21. The second kappa shape index (κ2) is 8.85. The van der Waals surface area contributed by atoms with Crippen molar-refractivity contribution in [3.05, 3.63) is 0 Å². The molecule has 0 spiro atoms. The van der Waals surface area contributed by atoms with Crippen molar-refractivity contribution < 1.29 is 8.42 Å². The second-order valence-corrected chi connectivity index (χ2v) is 6.53. The zero-order chi connectivity index (χ0) is 13.3. The lowest BCUT2D eigenvalue weighted by atomic mass is 10.4. The van der Waals surface area contributed by atoms with Crippen LogP contribution in [0.25, 0.3) is 0 Å². The van der Waals surface area contributed by atoms with Gasteiger partial charge in [0.25, 0.3) is 0 Å². The number of hydrogen-bond donors (Lipinski definition) is 2. The van der Waals surface area contributed by atoms with E-state index in [9.17, 15) is 8.42 Å². The van der Waals surface area contributed by atoms with E-state index in [0.717, 1.165) is 26.1 Å². The second-order valence-electron chi connectivity index (χ2n) is 4.35. The van der Waals surface area contributed by atoms with E-state index in [1.165, 1.54) is 0 Å². The maximum absolute atomic E-state index is 11.8. The predicted octanol–water partition coefficient (Wildman–Crippen LogP) is 0.246. The Morgan fingerprint density at radius 1 is 1.24 bits per heavy atom. The molecule has 0 saturated carbocycles. The van der Waals surface area contributed by atoms with Crippen LogP contribution in [0.4, 0.5) is 0 Å². The van der Waals surface area contributed by atoms with Gasteiger partial charge in [-0.05, 0) is 33.5 Å². The van der Waals surface area contributed by atoms with Gasteiger partial charge in [-0.3, -0.25) is 0 Å². The molecule has 0 bridgehead atoms. The van der Waals surface area contributed by atoms with E-state index in [-0.39, 0.29) is 5.25 Å². The summed E-state index contributed by atoms with van der Waals surface area (Å²) < 4.78 is 26.3. The summed E-state index contributed by atoms with van der Waals surface area (Å²) in [6, 6.07) is 0. The van der Waals surface area contributed by atoms with Crippen LogP contribution in [0, 0.1) is 0 Å². The van der Waals surface area contributed by atoms with E-state index in [4.69, 9.17) is 0 Å². The van der Waals surface area contributed by atoms with Crippen molar-refractivity contribution in [3.63, 3.8) is 0 Å². The lowest BCUT2D eigenvalue weighted by Crippen LogP contribution is -2.41. The van der Waals surface area contributed by atoms with Crippen LogP contribution in [0.5, 0.6) is 0 Å². The van der Waals surface area contributed by atoms with E-state index in [2.05, 4.69) is 21.9 Å². The number of rotatable bonds is 10. The Morgan fingerprint density at radius 3 is 2.41 bits per heavy atom. The summed E-state index contributed by atoms with van der Waals surface area (Å²) in [5.74, 6) is 0. The maximum Gasteiger partial charge on any atom is 0.215 e. The Labute approximate surface area is 106 Å². The minimum Gasteiger partial charge on any atom is -0.315 e. The minimum atomic E-state index is -3.18. The van der Waals surface area contributed by atoms with Gasteiger partial charge < -0.3 is 10.2 Å². The molecule has 2 N–H and O–H groups in total. The van der Waals surface area contributed by atoms with Crippen LogP contribution in [-0.4, -0.2) is 58.3 Å². The summed E-state index contributed by atoms with van der Waals surface area (Å²) in [4.78, 5) is 2.07. The Morgan fingerprint density at radius 2 is 1.88 bits per heavy atom. The van der Waals surface area contributed by atoms with Crippen LogP contribution >= 0.6 is 0 Å². The molecule has 0 fully saturated rings. The molecule has 0 aromatic carbocycles. The molecular weight excluding hydrogens is 238 g/mol. The van der Waals surface area contributed by atoms with Crippen molar-refractivity contribution in [2.24, 2.45) is 0 Å². The van der Waals surface area contributed by atoms with Crippen LogP contribution in [0.1, 0.15) is 27.2 Å². The molecule has 0 saturated heterocycles. The fraction of sp³-hybridized carbons (Fsp3) is 1.00. The topological polar surface area (TPSA) is 61.4 Å². The largest absolute Gasteiger partial charge is 0.315 e. The fourth-order valence-corrected chi connectivity index (χ4v) is 2.27. The standard InChI is InChI=1S/C11H27N3O2S/c1-5-7-12-10-11(3)17(15,16)13-8-9-14(4)6-2/h11-13H,5-10H2,1-4H3. The van der Waals surface area contributed by atoms with Gasteiger partial charge in [0, 0.05) is 19.6 Å². The van der Waals surface area contributed by atoms with E-state index >= 15 is 0 Å². The van der Waals surface area contributed by atoms with Crippen LogP contribution in [0.3, 0.4) is 0 Å². The van der Waals surface area contributed by atoms with Gasteiger partial charge in [0.05, 0.1) is 5.25 Å². The third-order valence-corrected chi connectivity index (χ3v) is 4.56. The van der Waals surface area contributed by atoms with Gasteiger partial charge in [-0.15, -0.1) is 0 Å². The van der Waals surface area contributed by atoms with Crippen molar-refractivity contribution >= 4 is 10.0 Å². The van der Waals surface area contributed by atoms with E-state index in [0.29, 0.717) is 13.1 Å². The highest BCUT2D eigenvalue weighted by Gasteiger charge is 2.19. The molecule has 5 nitrogen and oxygen atoms in total. The highest BCUT2D eigenvalue weighted by Crippen LogP contribution is 1.96. The van der Waals surface area contributed by atoms with Gasteiger partial charge in [0.1, 0.15) is 0 Å². The van der Waals surface area contributed by atoms with Crippen molar-refractivity contribution in [1.82, 2.24) is 14.9 Å². The molecule has 0 aromatic heterocycles. The van der Waals surface area contributed by atoms with Gasteiger partial charge in [0.2, 0.25) is 10.0 Å². The third kappa shape index (κ3) is 7.70. The third-order valence-electron chi connectivity index (χ3n) is 2.72. The minimum absolute atomic E-state index is 0.388. The first-order chi connectivity index (χ1) is 7.94. The Kier molecular flexibility index (Phi) is 8.77. The first-order valence-electron chi connectivity index (χ1n) is 6.31. The van der Waals surface area contributed by atoms with Crippen LogP contribution in [0.15, 0.2) is 0 Å². The summed E-state index contributed by atoms with van der Waals surface area (Å²) in [5, 5.41) is 2.73. The number of nitrogens with one attached hydrogen (secondary N) is 2. The van der Waals surface area contributed by atoms with Crippen molar-refractivity contribution in [2.45, 2.75) is 32.4 Å². The normalized spacial score (nSPS) is 14.2. The van der Waals surface area contributed by atoms with Gasteiger partial charge in [-0.2, -0.15) is 0 Å². The van der Waals surface area contributed by atoms with Gasteiger partial charge in [-0.25, -0.2) is 13.1 Å². The van der Waals surface area contributed by atoms with Gasteiger partial charge in [0.15, 0.2) is 0 Å². The van der Waals surface area contributed by atoms with E-state index in [1.807, 2.05) is 14.0 Å². The SMILES string of the molecule is CCCNCC(C)S(=O)(=O)NCCN(C)CC. The van der Waals surface area contributed by atoms with Crippen LogP contribution in [0.2, 0.25) is 0 Å². The molecule has 1 unspecified atom stereocenters. The molecule has 0 aromatic rings. The average Bonchev–Trinajstić information content (AvgIpc) is 2.28. The van der Waals surface area contributed by atoms with Crippen molar-refractivity contribution in [3.8, 4) is 0 Å². The molecular formula is C11H27N3O2S. The van der Waals surface area contributed by atoms with Crippen molar-refractivity contribution in [2.75, 3.05) is 39.8 Å². The number of hydrogen-bond acceptors (Lipinski definition) is 4. The summed E-state index contributed by atoms with van der Waals surface area (Å²) in [6.07, 6.45) is 1.02. The monoisotopic (exact) mass is 265 g/mol. The van der Waals surface area contributed by atoms with Crippen molar-refractivity contribution in [1.29, 1.82) is 0 Å². The number of sulfonamides is 1. The molecule has 0 heterocycles. The van der Waals surface area contributed by atoms with E-state index < -0.39 is 10.0 Å². The van der Waals surface area contributed by atoms with Gasteiger partial charge >= 0.3 is 0 Å². The summed E-state index contributed by atoms with van der Waals surface area (Å²) in [6.45, 7) is 9.35. The predicted molar refractivity (Wildman–Crippen MR) is 72.7 cm³/mol. The highest BCUT2D eigenvalue weighted by molar-refractivity contribution is 7.90. The lowest BCUT2D eigenvalue weighted by molar-refractivity contribution is 0.357. The Hall–Kier alpha value is -0.170. The molecule has 0 radical (unpaired) electrons. The fourth-order valence-electron chi connectivity index (χ4n) is 1.27. The number of likely N-dealkylation sites (N-methyl/N-ethyl adjacent to an activating group) is 1. The van der Waals surface area contributed by atoms with Crippen LogP contribution < -0.4 is 10.0 Å². The maximum atomic E-state index is 11.8. The zero-order valence-electron chi connectivity index (χ0n) is 11.5. The highest BCUT2D eigenvalue weighted by atomic mass is 32.2. The first kappa shape index (κ1) is 16.8. The Balaban J connectivity index is 3.92. The molecule has 17 heavy (non-hydrogen) atoms. The molecule has 0 aliphatic heterocycles. The average molecular weight is 265 g/mol. The zero-order valence-corrected chi connectivity index (χ0v) is 12.3. The summed E-state index contributed by atoms with van der Waals surface area (Å²) >= 11 is 0. The first-order valence-corrected chi connectivity index (χ1v) is 7.86. The molecule has 6 heteroatoms. The lowest BCUT2D eigenvalue weighted by Gasteiger charge is -2.17.